The van der Waals surface area contributed by atoms with E-state index in [9.17, 15) is 4.39 Å². The van der Waals surface area contributed by atoms with Gasteiger partial charge in [-0.15, -0.1) is 0 Å². The third kappa shape index (κ3) is 3.04. The van der Waals surface area contributed by atoms with Crippen molar-refractivity contribution in [1.82, 2.24) is 5.32 Å². The summed E-state index contributed by atoms with van der Waals surface area (Å²) in [5, 5.41) is 3.13. The second-order valence-corrected chi connectivity index (χ2v) is 5.24. The van der Waals surface area contributed by atoms with Gasteiger partial charge in [0.1, 0.15) is 21.8 Å². The van der Waals surface area contributed by atoms with Crippen molar-refractivity contribution in [2.45, 2.75) is 6.04 Å². The van der Waals surface area contributed by atoms with Crippen LogP contribution in [0.2, 0.25) is 0 Å². The van der Waals surface area contributed by atoms with Gasteiger partial charge in [0.05, 0.1) is 20.3 Å². The van der Waals surface area contributed by atoms with E-state index in [0.717, 1.165) is 5.56 Å². The van der Waals surface area contributed by atoms with Crippen LogP contribution >= 0.6 is 15.9 Å². The molecule has 21 heavy (non-hydrogen) atoms. The fraction of sp³-hybridized carbons (Fsp3) is 0.250. The van der Waals surface area contributed by atoms with Crippen molar-refractivity contribution in [1.29, 1.82) is 0 Å². The van der Waals surface area contributed by atoms with Gasteiger partial charge in [-0.2, -0.15) is 0 Å². The molecule has 2 rings (SSSR count). The highest BCUT2D eigenvalue weighted by molar-refractivity contribution is 9.10. The van der Waals surface area contributed by atoms with Gasteiger partial charge in [-0.25, -0.2) is 4.39 Å². The number of halogens is 2. The standard InChI is InChI=1S/C16H17BrFNO2/c1-19-15(10-6-4-5-7-12(10)18)11-8-9-13(20-2)14(17)16(11)21-3/h4-9,15,19H,1-3H3. The Morgan fingerprint density at radius 3 is 2.33 bits per heavy atom. The van der Waals surface area contributed by atoms with Crippen LogP contribution < -0.4 is 14.8 Å². The second-order valence-electron chi connectivity index (χ2n) is 4.45. The molecule has 0 heterocycles. The first-order chi connectivity index (χ1) is 10.1. The first-order valence-corrected chi connectivity index (χ1v) is 7.25. The minimum atomic E-state index is -0.316. The third-order valence-corrected chi connectivity index (χ3v) is 4.08. The summed E-state index contributed by atoms with van der Waals surface area (Å²) in [5.41, 5.74) is 1.40. The maximum atomic E-state index is 14.1. The highest BCUT2D eigenvalue weighted by atomic mass is 79.9. The molecule has 1 N–H and O–H groups in total. The van der Waals surface area contributed by atoms with Crippen LogP contribution in [0, 0.1) is 5.82 Å². The van der Waals surface area contributed by atoms with Crippen molar-refractivity contribution in [3.63, 3.8) is 0 Å². The van der Waals surface area contributed by atoms with Crippen LogP contribution in [0.4, 0.5) is 4.39 Å². The molecule has 3 nitrogen and oxygen atoms in total. The summed E-state index contributed by atoms with van der Waals surface area (Å²) in [5.74, 6) is 1.03. The number of rotatable bonds is 5. The molecule has 2 aromatic carbocycles. The zero-order valence-corrected chi connectivity index (χ0v) is 13.7. The Kier molecular flexibility index (Phi) is 5.20. The summed E-state index contributed by atoms with van der Waals surface area (Å²) in [6.07, 6.45) is 0. The highest BCUT2D eigenvalue weighted by Gasteiger charge is 2.22. The number of hydrogen-bond acceptors (Lipinski definition) is 3. The molecule has 0 spiro atoms. The lowest BCUT2D eigenvalue weighted by Crippen LogP contribution is -2.20. The van der Waals surface area contributed by atoms with Crippen LogP contribution in [-0.4, -0.2) is 21.3 Å². The highest BCUT2D eigenvalue weighted by Crippen LogP contribution is 2.41. The van der Waals surface area contributed by atoms with E-state index in [2.05, 4.69) is 21.2 Å². The third-order valence-electron chi connectivity index (χ3n) is 3.33. The molecular weight excluding hydrogens is 337 g/mol. The summed E-state index contributed by atoms with van der Waals surface area (Å²) in [6, 6.07) is 10.1. The summed E-state index contributed by atoms with van der Waals surface area (Å²) >= 11 is 3.47. The lowest BCUT2D eigenvalue weighted by atomic mass is 9.97. The Bertz CT molecular complexity index is 634. The van der Waals surface area contributed by atoms with Crippen LogP contribution in [0.25, 0.3) is 0 Å². The molecule has 5 heteroatoms. The number of methoxy groups -OCH3 is 2. The first kappa shape index (κ1) is 15.8. The maximum absolute atomic E-state index is 14.1. The van der Waals surface area contributed by atoms with Gasteiger partial charge in [0, 0.05) is 11.1 Å². The Balaban J connectivity index is 2.58. The molecule has 0 aliphatic rings. The predicted molar refractivity (Wildman–Crippen MR) is 84.5 cm³/mol. The minimum Gasteiger partial charge on any atom is -0.495 e. The van der Waals surface area contributed by atoms with Crippen LogP contribution in [-0.2, 0) is 0 Å². The summed E-state index contributed by atoms with van der Waals surface area (Å²) in [4.78, 5) is 0. The van der Waals surface area contributed by atoms with Crippen LogP contribution in [0.1, 0.15) is 17.2 Å². The fourth-order valence-corrected chi connectivity index (χ4v) is 3.02. The van der Waals surface area contributed by atoms with Gasteiger partial charge < -0.3 is 14.8 Å². The number of nitrogens with one attached hydrogen (secondary N) is 1. The zero-order chi connectivity index (χ0) is 15.4. The van der Waals surface area contributed by atoms with E-state index in [4.69, 9.17) is 9.47 Å². The molecule has 0 bridgehead atoms. The molecule has 0 fully saturated rings. The lowest BCUT2D eigenvalue weighted by Gasteiger charge is -2.22. The van der Waals surface area contributed by atoms with Crippen LogP contribution in [0.3, 0.4) is 0 Å². The molecule has 0 radical (unpaired) electrons. The van der Waals surface area contributed by atoms with E-state index >= 15 is 0 Å². The summed E-state index contributed by atoms with van der Waals surface area (Å²) < 4.78 is 25.5. The second kappa shape index (κ2) is 6.91. The average molecular weight is 354 g/mol. The fourth-order valence-electron chi connectivity index (χ4n) is 2.33. The normalized spacial score (nSPS) is 12.0. The number of benzene rings is 2. The molecule has 0 aliphatic heterocycles. The SMILES string of the molecule is CNC(c1ccccc1F)c1ccc(OC)c(Br)c1OC. The van der Waals surface area contributed by atoms with Gasteiger partial charge in [0.15, 0.2) is 0 Å². The smallest absolute Gasteiger partial charge is 0.141 e. The monoisotopic (exact) mass is 353 g/mol. The molecule has 1 unspecified atom stereocenters. The van der Waals surface area contributed by atoms with Crippen molar-refractivity contribution < 1.29 is 13.9 Å². The van der Waals surface area contributed by atoms with Crippen molar-refractivity contribution in [2.24, 2.45) is 0 Å². The van der Waals surface area contributed by atoms with E-state index in [1.165, 1.54) is 6.07 Å². The molecule has 0 saturated heterocycles. The Morgan fingerprint density at radius 2 is 1.76 bits per heavy atom. The van der Waals surface area contributed by atoms with Crippen LogP contribution in [0.5, 0.6) is 11.5 Å². The minimum absolute atomic E-state index is 0.258. The van der Waals surface area contributed by atoms with E-state index in [-0.39, 0.29) is 11.9 Å². The van der Waals surface area contributed by atoms with E-state index in [0.29, 0.717) is 21.5 Å². The van der Waals surface area contributed by atoms with Crippen molar-refractivity contribution in [3.05, 3.63) is 57.8 Å². The Hall–Kier alpha value is -1.59. The van der Waals surface area contributed by atoms with Gasteiger partial charge in [-0.05, 0) is 41.2 Å². The van der Waals surface area contributed by atoms with E-state index < -0.39 is 0 Å². The van der Waals surface area contributed by atoms with Gasteiger partial charge >= 0.3 is 0 Å². The quantitative estimate of drug-likeness (QED) is 0.883. The molecule has 0 amide bonds. The van der Waals surface area contributed by atoms with Crippen molar-refractivity contribution in [2.75, 3.05) is 21.3 Å². The topological polar surface area (TPSA) is 30.5 Å². The van der Waals surface area contributed by atoms with Gasteiger partial charge in [-0.3, -0.25) is 0 Å². The average Bonchev–Trinajstić information content (AvgIpc) is 2.50. The maximum Gasteiger partial charge on any atom is 0.141 e. The Labute approximate surface area is 132 Å². The van der Waals surface area contributed by atoms with Gasteiger partial charge in [0.25, 0.3) is 0 Å². The van der Waals surface area contributed by atoms with Gasteiger partial charge in [0.2, 0.25) is 0 Å². The Morgan fingerprint density at radius 1 is 1.05 bits per heavy atom. The summed E-state index contributed by atoms with van der Waals surface area (Å²) in [6.45, 7) is 0. The van der Waals surface area contributed by atoms with E-state index in [1.54, 1.807) is 33.4 Å². The van der Waals surface area contributed by atoms with Gasteiger partial charge in [-0.1, -0.05) is 18.2 Å². The molecule has 0 aromatic heterocycles. The largest absolute Gasteiger partial charge is 0.495 e. The molecule has 1 atom stereocenters. The first-order valence-electron chi connectivity index (χ1n) is 6.46. The molecule has 0 aliphatic carbocycles. The van der Waals surface area contributed by atoms with Crippen molar-refractivity contribution >= 4 is 15.9 Å². The molecule has 2 aromatic rings. The molecular formula is C16H17BrFNO2. The number of hydrogen-bond donors (Lipinski definition) is 1. The van der Waals surface area contributed by atoms with Crippen molar-refractivity contribution in [3.8, 4) is 11.5 Å². The number of ether oxygens (including phenoxy) is 2. The van der Waals surface area contributed by atoms with Crippen LogP contribution in [0.15, 0.2) is 40.9 Å². The van der Waals surface area contributed by atoms with E-state index in [1.807, 2.05) is 18.2 Å². The lowest BCUT2D eigenvalue weighted by molar-refractivity contribution is 0.383. The zero-order valence-electron chi connectivity index (χ0n) is 12.1. The molecule has 0 saturated carbocycles. The summed E-state index contributed by atoms with van der Waals surface area (Å²) in [7, 11) is 4.96. The predicted octanol–water partition coefficient (Wildman–Crippen LogP) is 3.91. The molecule has 112 valence electrons.